The number of hydrogen-bond donors (Lipinski definition) is 0. The summed E-state index contributed by atoms with van der Waals surface area (Å²) in [6, 6.07) is 2.06. The highest BCUT2D eigenvalue weighted by Gasteiger charge is 2.21. The lowest BCUT2D eigenvalue weighted by atomic mass is 10.1. The Balaban J connectivity index is 2.10. The van der Waals surface area contributed by atoms with Crippen molar-refractivity contribution in [1.29, 1.82) is 0 Å². The first-order valence-corrected chi connectivity index (χ1v) is 6.38. The fourth-order valence-corrected chi connectivity index (χ4v) is 2.38. The summed E-state index contributed by atoms with van der Waals surface area (Å²) in [6.07, 6.45) is 2.68. The van der Waals surface area contributed by atoms with E-state index in [0.29, 0.717) is 6.10 Å². The zero-order valence-corrected chi connectivity index (χ0v) is 10.9. The fraction of sp³-hybridized carbons (Fsp3) is 0.692. The Labute approximate surface area is 103 Å². The van der Waals surface area contributed by atoms with Crippen LogP contribution in [-0.2, 0) is 4.74 Å². The number of rotatable bonds is 3. The number of anilines is 1. The molecule has 4 heteroatoms. The zero-order chi connectivity index (χ0) is 12.3. The van der Waals surface area contributed by atoms with Gasteiger partial charge in [-0.1, -0.05) is 0 Å². The van der Waals surface area contributed by atoms with E-state index in [0.717, 1.165) is 43.5 Å². The number of piperidine rings is 1. The molecule has 0 aromatic carbocycles. The molecule has 1 aliphatic heterocycles. The van der Waals surface area contributed by atoms with E-state index < -0.39 is 0 Å². The minimum absolute atomic E-state index is 0.351. The molecule has 1 unspecified atom stereocenters. The fourth-order valence-electron chi connectivity index (χ4n) is 2.38. The second-order valence-corrected chi connectivity index (χ2v) is 4.58. The lowest BCUT2D eigenvalue weighted by Crippen LogP contribution is -2.40. The molecule has 1 aromatic rings. The Morgan fingerprint density at radius 3 is 2.94 bits per heavy atom. The van der Waals surface area contributed by atoms with Crippen molar-refractivity contribution in [1.82, 2.24) is 9.97 Å². The van der Waals surface area contributed by atoms with Gasteiger partial charge in [0, 0.05) is 31.5 Å². The minimum Gasteiger partial charge on any atom is -0.377 e. The molecule has 4 nitrogen and oxygen atoms in total. The smallest absolute Gasteiger partial charge is 0.132 e. The molecular formula is C13H21N3O. The summed E-state index contributed by atoms with van der Waals surface area (Å²) in [5, 5.41) is 0. The van der Waals surface area contributed by atoms with Gasteiger partial charge in [0.1, 0.15) is 11.6 Å². The summed E-state index contributed by atoms with van der Waals surface area (Å²) in [5.74, 6) is 1.89. The van der Waals surface area contributed by atoms with Crippen molar-refractivity contribution < 1.29 is 4.74 Å². The Hall–Kier alpha value is -1.16. The van der Waals surface area contributed by atoms with E-state index in [1.807, 2.05) is 13.8 Å². The predicted octanol–water partition coefficient (Wildman–Crippen LogP) is 2.10. The van der Waals surface area contributed by atoms with Crippen LogP contribution in [-0.4, -0.2) is 35.8 Å². The maximum atomic E-state index is 5.71. The van der Waals surface area contributed by atoms with E-state index >= 15 is 0 Å². The molecule has 1 saturated heterocycles. The third-order valence-corrected chi connectivity index (χ3v) is 3.06. The van der Waals surface area contributed by atoms with Crippen molar-refractivity contribution in [2.45, 2.75) is 39.7 Å². The summed E-state index contributed by atoms with van der Waals surface area (Å²) >= 11 is 0. The van der Waals surface area contributed by atoms with Crippen LogP contribution >= 0.6 is 0 Å². The van der Waals surface area contributed by atoms with Crippen molar-refractivity contribution in [3.63, 3.8) is 0 Å². The molecule has 1 aliphatic rings. The van der Waals surface area contributed by atoms with Crippen molar-refractivity contribution in [2.75, 3.05) is 24.6 Å². The Bertz CT molecular complexity index is 359. The quantitative estimate of drug-likeness (QED) is 0.804. The lowest BCUT2D eigenvalue weighted by molar-refractivity contribution is 0.0525. The zero-order valence-electron chi connectivity index (χ0n) is 10.9. The summed E-state index contributed by atoms with van der Waals surface area (Å²) in [6.45, 7) is 8.82. The molecule has 94 valence electrons. The monoisotopic (exact) mass is 235 g/mol. The van der Waals surface area contributed by atoms with E-state index in [9.17, 15) is 0 Å². The molecule has 0 saturated carbocycles. The maximum absolute atomic E-state index is 5.71. The third-order valence-electron chi connectivity index (χ3n) is 3.06. The molecule has 0 spiro atoms. The van der Waals surface area contributed by atoms with Gasteiger partial charge in [0.05, 0.1) is 6.10 Å². The molecule has 0 aliphatic carbocycles. The van der Waals surface area contributed by atoms with Gasteiger partial charge >= 0.3 is 0 Å². The number of aryl methyl sites for hydroxylation is 2. The predicted molar refractivity (Wildman–Crippen MR) is 68.4 cm³/mol. The SMILES string of the molecule is CCOC1CCCN(c2cc(C)nc(C)n2)C1. The van der Waals surface area contributed by atoms with Crippen molar-refractivity contribution in [3.05, 3.63) is 17.6 Å². The molecule has 0 radical (unpaired) electrons. The number of aromatic nitrogens is 2. The molecular weight excluding hydrogens is 214 g/mol. The Morgan fingerprint density at radius 2 is 2.24 bits per heavy atom. The van der Waals surface area contributed by atoms with E-state index in [1.165, 1.54) is 6.42 Å². The van der Waals surface area contributed by atoms with E-state index in [1.54, 1.807) is 0 Å². The van der Waals surface area contributed by atoms with Crippen LogP contribution in [0.2, 0.25) is 0 Å². The highest BCUT2D eigenvalue weighted by molar-refractivity contribution is 5.40. The number of nitrogens with zero attached hydrogens (tertiary/aromatic N) is 3. The van der Waals surface area contributed by atoms with Crippen LogP contribution in [0.4, 0.5) is 5.82 Å². The molecule has 1 atom stereocenters. The highest BCUT2D eigenvalue weighted by Crippen LogP contribution is 2.20. The highest BCUT2D eigenvalue weighted by atomic mass is 16.5. The molecule has 0 N–H and O–H groups in total. The van der Waals surface area contributed by atoms with Crippen LogP contribution in [0.1, 0.15) is 31.3 Å². The first-order chi connectivity index (χ1) is 8.19. The first-order valence-electron chi connectivity index (χ1n) is 6.38. The molecule has 2 rings (SSSR count). The van der Waals surface area contributed by atoms with Crippen molar-refractivity contribution >= 4 is 5.82 Å². The molecule has 17 heavy (non-hydrogen) atoms. The molecule has 1 aromatic heterocycles. The topological polar surface area (TPSA) is 38.2 Å². The van der Waals surface area contributed by atoms with E-state index in [4.69, 9.17) is 4.74 Å². The van der Waals surface area contributed by atoms with E-state index in [2.05, 4.69) is 27.9 Å². The van der Waals surface area contributed by atoms with Crippen LogP contribution in [0, 0.1) is 13.8 Å². The van der Waals surface area contributed by atoms with Gasteiger partial charge in [-0.2, -0.15) is 0 Å². The molecule has 0 bridgehead atoms. The summed E-state index contributed by atoms with van der Waals surface area (Å²) in [7, 11) is 0. The second kappa shape index (κ2) is 5.45. The van der Waals surface area contributed by atoms with Crippen LogP contribution in [0.15, 0.2) is 6.07 Å². The number of ether oxygens (including phenoxy) is 1. The van der Waals surface area contributed by atoms with Gasteiger partial charge in [-0.05, 0) is 33.6 Å². The molecule has 1 fully saturated rings. The Morgan fingerprint density at radius 1 is 1.41 bits per heavy atom. The van der Waals surface area contributed by atoms with Crippen LogP contribution in [0.5, 0.6) is 0 Å². The molecule has 2 heterocycles. The average Bonchev–Trinajstić information content (AvgIpc) is 2.28. The van der Waals surface area contributed by atoms with Gasteiger partial charge in [0.2, 0.25) is 0 Å². The van der Waals surface area contributed by atoms with Gasteiger partial charge in [-0.15, -0.1) is 0 Å². The van der Waals surface area contributed by atoms with Crippen LogP contribution < -0.4 is 4.90 Å². The minimum atomic E-state index is 0.351. The molecule has 0 amide bonds. The largest absolute Gasteiger partial charge is 0.377 e. The van der Waals surface area contributed by atoms with Gasteiger partial charge in [0.25, 0.3) is 0 Å². The maximum Gasteiger partial charge on any atom is 0.132 e. The van der Waals surface area contributed by atoms with Gasteiger partial charge < -0.3 is 9.64 Å². The normalized spacial score (nSPS) is 20.6. The van der Waals surface area contributed by atoms with Gasteiger partial charge in [-0.25, -0.2) is 9.97 Å². The van der Waals surface area contributed by atoms with Crippen molar-refractivity contribution in [3.8, 4) is 0 Å². The summed E-state index contributed by atoms with van der Waals surface area (Å²) in [5.41, 5.74) is 1.03. The summed E-state index contributed by atoms with van der Waals surface area (Å²) < 4.78 is 5.71. The first kappa shape index (κ1) is 12.3. The lowest BCUT2D eigenvalue weighted by Gasteiger charge is -2.33. The average molecular weight is 235 g/mol. The van der Waals surface area contributed by atoms with Gasteiger partial charge in [0.15, 0.2) is 0 Å². The standard InChI is InChI=1S/C13H21N3O/c1-4-17-12-6-5-7-16(9-12)13-8-10(2)14-11(3)15-13/h8,12H,4-7,9H2,1-3H3. The number of hydrogen-bond acceptors (Lipinski definition) is 4. The Kier molecular flexibility index (Phi) is 3.94. The third kappa shape index (κ3) is 3.16. The van der Waals surface area contributed by atoms with Crippen LogP contribution in [0.3, 0.4) is 0 Å². The van der Waals surface area contributed by atoms with Gasteiger partial charge in [-0.3, -0.25) is 0 Å². The van der Waals surface area contributed by atoms with Crippen molar-refractivity contribution in [2.24, 2.45) is 0 Å². The van der Waals surface area contributed by atoms with E-state index in [-0.39, 0.29) is 0 Å². The summed E-state index contributed by atoms with van der Waals surface area (Å²) in [4.78, 5) is 11.1. The second-order valence-electron chi connectivity index (χ2n) is 4.58. The van der Waals surface area contributed by atoms with Crippen LogP contribution in [0.25, 0.3) is 0 Å².